The number of carbonyl (C=O) groups is 1. The van der Waals surface area contributed by atoms with Crippen molar-refractivity contribution in [2.45, 2.75) is 6.92 Å². The molecule has 0 unspecified atom stereocenters. The van der Waals surface area contributed by atoms with Gasteiger partial charge in [-0.05, 0) is 43.3 Å². The van der Waals surface area contributed by atoms with Gasteiger partial charge in [-0.1, -0.05) is 24.3 Å². The molecule has 0 aliphatic carbocycles. The maximum Gasteiger partial charge on any atom is 0.276 e. The Morgan fingerprint density at radius 3 is 2.42 bits per heavy atom. The maximum atomic E-state index is 13.6. The van der Waals surface area contributed by atoms with E-state index in [2.05, 4.69) is 20.8 Å². The molecule has 1 heterocycles. The molecular weight excluding hydrogens is 335 g/mol. The molecule has 6 nitrogen and oxygen atoms in total. The summed E-state index contributed by atoms with van der Waals surface area (Å²) in [7, 11) is 0. The molecule has 0 saturated carbocycles. The van der Waals surface area contributed by atoms with Crippen LogP contribution in [-0.2, 0) is 0 Å². The van der Waals surface area contributed by atoms with E-state index < -0.39 is 11.7 Å². The van der Waals surface area contributed by atoms with Crippen molar-refractivity contribution < 1.29 is 13.9 Å². The minimum Gasteiger partial charge on any atom is -0.492 e. The third kappa shape index (κ3) is 4.13. The van der Waals surface area contributed by atoms with Crippen molar-refractivity contribution in [1.82, 2.24) is 10.2 Å². The predicted molar refractivity (Wildman–Crippen MR) is 97.3 cm³/mol. The van der Waals surface area contributed by atoms with E-state index in [9.17, 15) is 9.18 Å². The van der Waals surface area contributed by atoms with Crippen molar-refractivity contribution in [3.8, 4) is 5.75 Å². The van der Waals surface area contributed by atoms with E-state index in [4.69, 9.17) is 4.74 Å². The number of halogens is 1. The van der Waals surface area contributed by atoms with Gasteiger partial charge in [0.15, 0.2) is 11.5 Å². The van der Waals surface area contributed by atoms with Crippen LogP contribution >= 0.6 is 0 Å². The van der Waals surface area contributed by atoms with Crippen molar-refractivity contribution in [2.24, 2.45) is 0 Å². The summed E-state index contributed by atoms with van der Waals surface area (Å²) in [6, 6.07) is 16.4. The lowest BCUT2D eigenvalue weighted by molar-refractivity contribution is 0.102. The maximum absolute atomic E-state index is 13.6. The Hall–Kier alpha value is -3.48. The van der Waals surface area contributed by atoms with Crippen LogP contribution in [0.4, 0.5) is 21.6 Å². The highest BCUT2D eigenvalue weighted by molar-refractivity contribution is 6.03. The van der Waals surface area contributed by atoms with Gasteiger partial charge >= 0.3 is 0 Å². The summed E-state index contributed by atoms with van der Waals surface area (Å²) in [6.45, 7) is 2.36. The van der Waals surface area contributed by atoms with Gasteiger partial charge in [0.05, 0.1) is 18.0 Å². The van der Waals surface area contributed by atoms with E-state index in [-0.39, 0.29) is 11.4 Å². The molecule has 7 heteroatoms. The van der Waals surface area contributed by atoms with Gasteiger partial charge in [0.2, 0.25) is 0 Å². The van der Waals surface area contributed by atoms with Crippen LogP contribution in [0.2, 0.25) is 0 Å². The fourth-order valence-corrected chi connectivity index (χ4v) is 2.26. The molecule has 26 heavy (non-hydrogen) atoms. The number of hydrogen-bond acceptors (Lipinski definition) is 5. The van der Waals surface area contributed by atoms with E-state index in [0.717, 1.165) is 0 Å². The Morgan fingerprint density at radius 1 is 1.00 bits per heavy atom. The molecule has 0 bridgehead atoms. The Kier molecular flexibility index (Phi) is 5.38. The smallest absolute Gasteiger partial charge is 0.276 e. The number of para-hydroxylation sites is 3. The lowest BCUT2D eigenvalue weighted by Crippen LogP contribution is -2.15. The molecule has 132 valence electrons. The molecule has 0 fully saturated rings. The Balaban J connectivity index is 1.70. The number of aromatic nitrogens is 2. The molecule has 0 atom stereocenters. The fourth-order valence-electron chi connectivity index (χ4n) is 2.26. The van der Waals surface area contributed by atoms with E-state index in [1.165, 1.54) is 12.1 Å². The van der Waals surface area contributed by atoms with Crippen LogP contribution in [0, 0.1) is 5.82 Å². The highest BCUT2D eigenvalue weighted by atomic mass is 19.1. The summed E-state index contributed by atoms with van der Waals surface area (Å²) in [5.41, 5.74) is 0.967. The number of carbonyl (C=O) groups excluding carboxylic acids is 1. The number of hydrogen-bond donors (Lipinski definition) is 2. The zero-order valence-electron chi connectivity index (χ0n) is 14.1. The summed E-state index contributed by atoms with van der Waals surface area (Å²) in [6.07, 6.45) is 0. The van der Waals surface area contributed by atoms with Gasteiger partial charge in [0.1, 0.15) is 11.6 Å². The zero-order valence-corrected chi connectivity index (χ0v) is 14.1. The predicted octanol–water partition coefficient (Wildman–Crippen LogP) is 4.01. The third-order valence-corrected chi connectivity index (χ3v) is 3.47. The highest BCUT2D eigenvalue weighted by Crippen LogP contribution is 2.24. The fraction of sp³-hybridized carbons (Fsp3) is 0.105. The summed E-state index contributed by atoms with van der Waals surface area (Å²) in [5, 5.41) is 13.4. The number of nitrogens with zero attached hydrogens (tertiary/aromatic N) is 2. The second-order valence-electron chi connectivity index (χ2n) is 5.29. The quantitative estimate of drug-likeness (QED) is 0.701. The summed E-state index contributed by atoms with van der Waals surface area (Å²) in [5.74, 6) is 0.0984. The highest BCUT2D eigenvalue weighted by Gasteiger charge is 2.12. The first-order valence-corrected chi connectivity index (χ1v) is 8.06. The van der Waals surface area contributed by atoms with Crippen LogP contribution in [0.25, 0.3) is 0 Å². The Morgan fingerprint density at radius 2 is 1.73 bits per heavy atom. The molecule has 2 aromatic carbocycles. The minimum absolute atomic E-state index is 0.135. The van der Waals surface area contributed by atoms with Crippen LogP contribution in [0.3, 0.4) is 0 Å². The summed E-state index contributed by atoms with van der Waals surface area (Å²) in [4.78, 5) is 12.3. The van der Waals surface area contributed by atoms with E-state index in [1.54, 1.807) is 42.5 Å². The van der Waals surface area contributed by atoms with E-state index >= 15 is 0 Å². The number of ether oxygens (including phenoxy) is 1. The van der Waals surface area contributed by atoms with Gasteiger partial charge in [0, 0.05) is 0 Å². The monoisotopic (exact) mass is 352 g/mol. The number of nitrogens with one attached hydrogen (secondary N) is 2. The molecule has 3 rings (SSSR count). The Labute approximate surface area is 150 Å². The SMILES string of the molecule is CCOc1ccccc1NC(=O)c1ccc(Nc2ccccc2F)nn1. The normalized spacial score (nSPS) is 10.2. The van der Waals surface area contributed by atoms with E-state index in [0.29, 0.717) is 23.9 Å². The molecule has 1 amide bonds. The standard InChI is InChI=1S/C19H17FN4O2/c1-2-26-17-10-6-5-9-15(17)22-19(25)16-11-12-18(24-23-16)21-14-8-4-3-7-13(14)20/h3-12H,2H2,1H3,(H,21,24)(H,22,25). The van der Waals surface area contributed by atoms with Crippen LogP contribution in [-0.4, -0.2) is 22.7 Å². The molecule has 0 spiro atoms. The van der Waals surface area contributed by atoms with Gasteiger partial charge < -0.3 is 15.4 Å². The van der Waals surface area contributed by atoms with Gasteiger partial charge in [-0.3, -0.25) is 4.79 Å². The van der Waals surface area contributed by atoms with Crippen LogP contribution in [0.5, 0.6) is 5.75 Å². The molecule has 0 saturated heterocycles. The van der Waals surface area contributed by atoms with Gasteiger partial charge in [-0.15, -0.1) is 10.2 Å². The van der Waals surface area contributed by atoms with Crippen molar-refractivity contribution in [3.05, 3.63) is 72.2 Å². The number of benzene rings is 2. The molecule has 1 aromatic heterocycles. The summed E-state index contributed by atoms with van der Waals surface area (Å²) < 4.78 is 19.1. The molecular formula is C19H17FN4O2. The number of rotatable bonds is 6. The number of amides is 1. The van der Waals surface area contributed by atoms with Crippen LogP contribution < -0.4 is 15.4 Å². The lowest BCUT2D eigenvalue weighted by Gasteiger charge is -2.11. The van der Waals surface area contributed by atoms with Crippen molar-refractivity contribution in [3.63, 3.8) is 0 Å². The summed E-state index contributed by atoms with van der Waals surface area (Å²) >= 11 is 0. The first-order chi connectivity index (χ1) is 12.7. The second-order valence-corrected chi connectivity index (χ2v) is 5.29. The van der Waals surface area contributed by atoms with Crippen molar-refractivity contribution in [1.29, 1.82) is 0 Å². The van der Waals surface area contributed by atoms with E-state index in [1.807, 2.05) is 13.0 Å². The van der Waals surface area contributed by atoms with Crippen LogP contribution in [0.1, 0.15) is 17.4 Å². The average molecular weight is 352 g/mol. The second kappa shape index (κ2) is 8.06. The molecule has 0 radical (unpaired) electrons. The molecule has 0 aliphatic rings. The third-order valence-electron chi connectivity index (χ3n) is 3.47. The van der Waals surface area contributed by atoms with Crippen LogP contribution in [0.15, 0.2) is 60.7 Å². The van der Waals surface area contributed by atoms with Crippen molar-refractivity contribution >= 4 is 23.1 Å². The topological polar surface area (TPSA) is 76.1 Å². The largest absolute Gasteiger partial charge is 0.492 e. The molecule has 3 aromatic rings. The number of anilines is 3. The van der Waals surface area contributed by atoms with Crippen molar-refractivity contribution in [2.75, 3.05) is 17.2 Å². The first-order valence-electron chi connectivity index (χ1n) is 8.06. The first kappa shape index (κ1) is 17.3. The average Bonchev–Trinajstić information content (AvgIpc) is 2.66. The molecule has 2 N–H and O–H groups in total. The van der Waals surface area contributed by atoms with Gasteiger partial charge in [0.25, 0.3) is 5.91 Å². The molecule has 0 aliphatic heterocycles. The van der Waals surface area contributed by atoms with Gasteiger partial charge in [-0.25, -0.2) is 4.39 Å². The lowest BCUT2D eigenvalue weighted by atomic mass is 10.2. The van der Waals surface area contributed by atoms with Gasteiger partial charge in [-0.2, -0.15) is 0 Å². The zero-order chi connectivity index (χ0) is 18.4. The Bertz CT molecular complexity index is 900. The minimum atomic E-state index is -0.415.